The molecule has 10 heavy (non-hydrogen) atoms. The summed E-state index contributed by atoms with van der Waals surface area (Å²) in [5.74, 6) is 0. The van der Waals surface area contributed by atoms with Crippen LogP contribution in [0, 0.1) is 0 Å². The molecule has 0 aromatic rings. The highest BCUT2D eigenvalue weighted by Gasteiger charge is 2.06. The van der Waals surface area contributed by atoms with Crippen molar-refractivity contribution in [2.75, 3.05) is 13.6 Å². The molecule has 1 rings (SSSR count). The quantitative estimate of drug-likeness (QED) is 0.510. The molecule has 1 heterocycles. The fourth-order valence-electron chi connectivity index (χ4n) is 0.671. The highest BCUT2D eigenvalue weighted by atomic mass is 15.2. The van der Waals surface area contributed by atoms with Gasteiger partial charge in [0.05, 0.1) is 11.9 Å². The van der Waals surface area contributed by atoms with Crippen molar-refractivity contribution in [1.29, 1.82) is 0 Å². The van der Waals surface area contributed by atoms with Gasteiger partial charge in [-0.05, 0) is 6.72 Å². The molecule has 0 radical (unpaired) electrons. The van der Waals surface area contributed by atoms with Gasteiger partial charge in [0.2, 0.25) is 0 Å². The van der Waals surface area contributed by atoms with Gasteiger partial charge in [-0.25, -0.2) is 0 Å². The average molecular weight is 136 g/mol. The van der Waals surface area contributed by atoms with Crippen molar-refractivity contribution in [2.24, 2.45) is 20.2 Å². The molecule has 0 fully saturated rings. The topological polar surface area (TPSA) is 49.4 Å². The smallest absolute Gasteiger partial charge is 0.126 e. The first-order valence-corrected chi connectivity index (χ1v) is 2.88. The van der Waals surface area contributed by atoms with Gasteiger partial charge in [-0.15, -0.1) is 0 Å². The Bertz CT molecular complexity index is 224. The zero-order valence-corrected chi connectivity index (χ0v) is 5.78. The van der Waals surface area contributed by atoms with Gasteiger partial charge in [0.25, 0.3) is 0 Å². The van der Waals surface area contributed by atoms with E-state index in [0.717, 1.165) is 11.4 Å². The monoisotopic (exact) mass is 136 g/mol. The van der Waals surface area contributed by atoms with E-state index in [0.29, 0.717) is 6.54 Å². The van der Waals surface area contributed by atoms with Gasteiger partial charge in [-0.3, -0.25) is 9.98 Å². The summed E-state index contributed by atoms with van der Waals surface area (Å²) in [7, 11) is 1.68. The maximum absolute atomic E-state index is 3.80. The van der Waals surface area contributed by atoms with Gasteiger partial charge in [-0.2, -0.15) is 10.2 Å². The number of hydrogen-bond donors (Lipinski definition) is 0. The molecule has 0 unspecified atom stereocenters. The van der Waals surface area contributed by atoms with Crippen LogP contribution in [-0.4, -0.2) is 26.5 Å². The molecular formula is C6H8N4. The van der Waals surface area contributed by atoms with Crippen LogP contribution in [0.1, 0.15) is 0 Å². The zero-order chi connectivity index (χ0) is 7.40. The van der Waals surface area contributed by atoms with Crippen molar-refractivity contribution in [1.82, 2.24) is 0 Å². The fraction of sp³-hybridized carbons (Fsp3) is 0.333. The number of azo groups is 1. The van der Waals surface area contributed by atoms with E-state index in [4.69, 9.17) is 0 Å². The summed E-state index contributed by atoms with van der Waals surface area (Å²) in [4.78, 5) is 7.53. The molecule has 1 aliphatic rings. The number of nitrogens with zero attached hydrogens (tertiary/aromatic N) is 4. The molecule has 0 amide bonds. The molecule has 0 aliphatic carbocycles. The highest BCUT2D eigenvalue weighted by Crippen LogP contribution is 2.12. The molecule has 0 atom stereocenters. The molecule has 0 spiro atoms. The van der Waals surface area contributed by atoms with Crippen molar-refractivity contribution in [2.45, 2.75) is 0 Å². The molecular weight excluding hydrogens is 128 g/mol. The second kappa shape index (κ2) is 3.00. The normalized spacial score (nSPS) is 17.3. The van der Waals surface area contributed by atoms with Crippen LogP contribution in [0.15, 0.2) is 31.6 Å². The van der Waals surface area contributed by atoms with Gasteiger partial charge in [0, 0.05) is 7.05 Å². The standard InChI is InChI=1S/C6H8N4/c1-7-3-6-5(8-2)4-9-10-6/h3H,2,4H2,1H3/b7-3-. The third kappa shape index (κ3) is 1.15. The summed E-state index contributed by atoms with van der Waals surface area (Å²) in [5.41, 5.74) is 1.52. The van der Waals surface area contributed by atoms with Crippen LogP contribution in [0.2, 0.25) is 0 Å². The molecule has 0 saturated carbocycles. The molecule has 0 aromatic heterocycles. The Balaban J connectivity index is 2.86. The van der Waals surface area contributed by atoms with Gasteiger partial charge < -0.3 is 0 Å². The van der Waals surface area contributed by atoms with Crippen molar-refractivity contribution in [3.8, 4) is 0 Å². The molecule has 0 saturated heterocycles. The van der Waals surface area contributed by atoms with Crippen LogP contribution >= 0.6 is 0 Å². The number of hydrogen-bond acceptors (Lipinski definition) is 4. The van der Waals surface area contributed by atoms with Crippen LogP contribution in [0.5, 0.6) is 0 Å². The lowest BCUT2D eigenvalue weighted by Crippen LogP contribution is -1.84. The Hall–Kier alpha value is -1.32. The van der Waals surface area contributed by atoms with Gasteiger partial charge in [0.15, 0.2) is 0 Å². The van der Waals surface area contributed by atoms with Gasteiger partial charge in [0.1, 0.15) is 12.2 Å². The Morgan fingerprint density at radius 1 is 1.70 bits per heavy atom. The van der Waals surface area contributed by atoms with Crippen LogP contribution in [0.3, 0.4) is 0 Å². The van der Waals surface area contributed by atoms with E-state index < -0.39 is 0 Å². The molecule has 0 N–H and O–H groups in total. The van der Waals surface area contributed by atoms with Crippen molar-refractivity contribution < 1.29 is 0 Å². The molecule has 0 aromatic carbocycles. The van der Waals surface area contributed by atoms with E-state index in [2.05, 4.69) is 26.9 Å². The Labute approximate surface area is 59.1 Å². The van der Waals surface area contributed by atoms with E-state index in [1.54, 1.807) is 13.3 Å². The summed E-state index contributed by atoms with van der Waals surface area (Å²) in [6.07, 6.45) is 1.63. The lowest BCUT2D eigenvalue weighted by Gasteiger charge is -1.87. The first-order chi connectivity index (χ1) is 4.88. The summed E-state index contributed by atoms with van der Waals surface area (Å²) >= 11 is 0. The average Bonchev–Trinajstić information content (AvgIpc) is 2.36. The maximum Gasteiger partial charge on any atom is 0.126 e. The summed E-state index contributed by atoms with van der Waals surface area (Å²) in [6.45, 7) is 3.92. The molecule has 4 nitrogen and oxygen atoms in total. The SMILES string of the molecule is C=NC1=C(/C=N\C)N=NC1. The largest absolute Gasteiger partial charge is 0.294 e. The van der Waals surface area contributed by atoms with Crippen molar-refractivity contribution in [3.63, 3.8) is 0 Å². The van der Waals surface area contributed by atoms with Gasteiger partial charge >= 0.3 is 0 Å². The minimum absolute atomic E-state index is 0.533. The third-order valence-corrected chi connectivity index (χ3v) is 1.14. The highest BCUT2D eigenvalue weighted by molar-refractivity contribution is 5.79. The number of aliphatic imine (C=N–C) groups is 2. The minimum atomic E-state index is 0.533. The molecule has 0 bridgehead atoms. The first kappa shape index (κ1) is 6.80. The second-order valence-corrected chi connectivity index (χ2v) is 1.78. The van der Waals surface area contributed by atoms with Crippen LogP contribution in [-0.2, 0) is 0 Å². The van der Waals surface area contributed by atoms with Crippen LogP contribution in [0.4, 0.5) is 0 Å². The summed E-state index contributed by atoms with van der Waals surface area (Å²) in [6, 6.07) is 0. The van der Waals surface area contributed by atoms with Crippen LogP contribution in [0.25, 0.3) is 0 Å². The molecule has 1 aliphatic heterocycles. The van der Waals surface area contributed by atoms with E-state index in [1.165, 1.54) is 0 Å². The Kier molecular flexibility index (Phi) is 2.04. The number of rotatable bonds is 2. The van der Waals surface area contributed by atoms with Crippen LogP contribution < -0.4 is 0 Å². The maximum atomic E-state index is 3.80. The number of allylic oxidation sites excluding steroid dienone is 1. The second-order valence-electron chi connectivity index (χ2n) is 1.78. The van der Waals surface area contributed by atoms with E-state index >= 15 is 0 Å². The van der Waals surface area contributed by atoms with Crippen molar-refractivity contribution in [3.05, 3.63) is 11.4 Å². The lowest BCUT2D eigenvalue weighted by atomic mass is 10.4. The predicted octanol–water partition coefficient (Wildman–Crippen LogP) is 1.06. The zero-order valence-electron chi connectivity index (χ0n) is 5.78. The fourth-order valence-corrected chi connectivity index (χ4v) is 0.671. The van der Waals surface area contributed by atoms with Crippen molar-refractivity contribution >= 4 is 12.9 Å². The van der Waals surface area contributed by atoms with Gasteiger partial charge in [-0.1, -0.05) is 0 Å². The predicted molar refractivity (Wildman–Crippen MR) is 40.7 cm³/mol. The first-order valence-electron chi connectivity index (χ1n) is 2.88. The van der Waals surface area contributed by atoms with E-state index in [1.807, 2.05) is 0 Å². The van der Waals surface area contributed by atoms with E-state index in [-0.39, 0.29) is 0 Å². The molecule has 4 heteroatoms. The van der Waals surface area contributed by atoms with E-state index in [9.17, 15) is 0 Å². The summed E-state index contributed by atoms with van der Waals surface area (Å²) in [5, 5.41) is 7.56. The Morgan fingerprint density at radius 2 is 2.50 bits per heavy atom. The lowest BCUT2D eigenvalue weighted by molar-refractivity contribution is 1.09. The Morgan fingerprint density at radius 3 is 3.10 bits per heavy atom. The molecule has 52 valence electrons. The summed E-state index contributed by atoms with van der Waals surface area (Å²) < 4.78 is 0. The third-order valence-electron chi connectivity index (χ3n) is 1.14. The minimum Gasteiger partial charge on any atom is -0.294 e.